The van der Waals surface area contributed by atoms with Crippen molar-refractivity contribution in [3.8, 4) is 16.9 Å². The summed E-state index contributed by atoms with van der Waals surface area (Å²) in [5.41, 5.74) is 3.72. The fraction of sp³-hybridized carbons (Fsp3) is 0.333. The highest BCUT2D eigenvalue weighted by molar-refractivity contribution is 6.02. The number of ether oxygens (including phenoxy) is 1. The second-order valence-electron chi connectivity index (χ2n) is 6.18. The van der Waals surface area contributed by atoms with Crippen LogP contribution in [-0.4, -0.2) is 24.0 Å². The Labute approximate surface area is 151 Å². The maximum atomic E-state index is 14.6. The molecule has 8 heteroatoms. The third-order valence-electron chi connectivity index (χ3n) is 4.59. The van der Waals surface area contributed by atoms with E-state index in [1.54, 1.807) is 6.20 Å². The van der Waals surface area contributed by atoms with Gasteiger partial charge in [-0.05, 0) is 37.1 Å². The van der Waals surface area contributed by atoms with Gasteiger partial charge in [0.05, 0.1) is 18.2 Å². The number of methoxy groups -OCH3 is 1. The van der Waals surface area contributed by atoms with Gasteiger partial charge in [0.25, 0.3) is 0 Å². The summed E-state index contributed by atoms with van der Waals surface area (Å²) in [6.07, 6.45) is 6.41. The van der Waals surface area contributed by atoms with Crippen LogP contribution in [0.25, 0.3) is 11.1 Å². The maximum Gasteiger partial charge on any atom is 0.170 e. The van der Waals surface area contributed by atoms with Crippen molar-refractivity contribution in [1.82, 2.24) is 10.4 Å². The Kier molecular flexibility index (Phi) is 5.52. The molecular formula is C18H23FN6O. The van der Waals surface area contributed by atoms with Gasteiger partial charge in [0.15, 0.2) is 5.84 Å². The van der Waals surface area contributed by atoms with Gasteiger partial charge in [-0.1, -0.05) is 12.8 Å². The topological polar surface area (TPSA) is 111 Å². The monoisotopic (exact) mass is 358 g/mol. The highest BCUT2D eigenvalue weighted by Gasteiger charge is 2.20. The van der Waals surface area contributed by atoms with Crippen molar-refractivity contribution >= 4 is 11.7 Å². The highest BCUT2D eigenvalue weighted by Crippen LogP contribution is 2.36. The number of nitrogens with two attached hydrogens (primary N) is 2. The van der Waals surface area contributed by atoms with E-state index in [0.717, 1.165) is 18.7 Å². The summed E-state index contributed by atoms with van der Waals surface area (Å²) in [5.74, 6) is 11.6. The summed E-state index contributed by atoms with van der Waals surface area (Å²) in [7, 11) is 1.45. The van der Waals surface area contributed by atoms with Crippen molar-refractivity contribution in [3.63, 3.8) is 0 Å². The number of rotatable bonds is 5. The van der Waals surface area contributed by atoms with Crippen molar-refractivity contribution in [2.45, 2.75) is 31.7 Å². The first kappa shape index (κ1) is 17.9. The van der Waals surface area contributed by atoms with E-state index in [0.29, 0.717) is 17.2 Å². The molecule has 0 saturated heterocycles. The first-order chi connectivity index (χ1) is 12.7. The van der Waals surface area contributed by atoms with Crippen LogP contribution in [0.1, 0.15) is 31.2 Å². The molecule has 7 nitrogen and oxygen atoms in total. The predicted molar refractivity (Wildman–Crippen MR) is 100 cm³/mol. The van der Waals surface area contributed by atoms with E-state index < -0.39 is 5.82 Å². The molecule has 6 N–H and O–H groups in total. The number of hydrogen-bond acceptors (Lipinski definition) is 6. The van der Waals surface area contributed by atoms with E-state index in [1.165, 1.54) is 32.1 Å². The Bertz CT molecular complexity index is 787. The SMILES string of the molecule is COc1c(/C(=N/N)NN)ccc(F)c1-c1ccc(NC2CCCC2)nc1. The number of benzene rings is 1. The summed E-state index contributed by atoms with van der Waals surface area (Å²) in [6.45, 7) is 0. The Morgan fingerprint density at radius 3 is 2.62 bits per heavy atom. The third kappa shape index (κ3) is 3.55. The number of aromatic nitrogens is 1. The summed E-state index contributed by atoms with van der Waals surface area (Å²) in [5, 5.41) is 6.99. The average molecular weight is 358 g/mol. The number of hydrazone groups is 1. The van der Waals surface area contributed by atoms with Gasteiger partial charge in [0.1, 0.15) is 17.4 Å². The molecule has 1 saturated carbocycles. The number of anilines is 1. The molecule has 1 heterocycles. The van der Waals surface area contributed by atoms with E-state index in [-0.39, 0.29) is 17.1 Å². The van der Waals surface area contributed by atoms with Crippen molar-refractivity contribution in [2.24, 2.45) is 16.8 Å². The van der Waals surface area contributed by atoms with Crippen molar-refractivity contribution in [2.75, 3.05) is 12.4 Å². The second kappa shape index (κ2) is 8.01. The predicted octanol–water partition coefficient (Wildman–Crippen LogP) is 2.33. The van der Waals surface area contributed by atoms with Crippen LogP contribution in [0.15, 0.2) is 35.6 Å². The molecule has 0 radical (unpaired) electrons. The van der Waals surface area contributed by atoms with Crippen LogP contribution in [-0.2, 0) is 0 Å². The Morgan fingerprint density at radius 1 is 1.27 bits per heavy atom. The van der Waals surface area contributed by atoms with Crippen LogP contribution >= 0.6 is 0 Å². The molecule has 0 amide bonds. The number of pyridine rings is 1. The molecule has 1 aliphatic carbocycles. The summed E-state index contributed by atoms with van der Waals surface area (Å²) < 4.78 is 20.0. The normalized spacial score (nSPS) is 15.1. The van der Waals surface area contributed by atoms with E-state index in [1.807, 2.05) is 12.1 Å². The molecule has 138 valence electrons. The number of hydrogen-bond donors (Lipinski definition) is 4. The number of halogens is 1. The molecule has 0 aliphatic heterocycles. The first-order valence-electron chi connectivity index (χ1n) is 8.52. The Balaban J connectivity index is 1.96. The molecular weight excluding hydrogens is 335 g/mol. The van der Waals surface area contributed by atoms with Crippen LogP contribution in [0.2, 0.25) is 0 Å². The molecule has 2 aromatic rings. The third-order valence-corrected chi connectivity index (χ3v) is 4.59. The van der Waals surface area contributed by atoms with E-state index in [9.17, 15) is 4.39 Å². The molecule has 1 aliphatic rings. The zero-order valence-corrected chi connectivity index (χ0v) is 14.6. The molecule has 1 aromatic heterocycles. The van der Waals surface area contributed by atoms with Gasteiger partial charge in [0, 0.05) is 17.8 Å². The highest BCUT2D eigenvalue weighted by atomic mass is 19.1. The van der Waals surface area contributed by atoms with Crippen molar-refractivity contribution < 1.29 is 9.13 Å². The quantitative estimate of drug-likeness (QED) is 0.283. The van der Waals surface area contributed by atoms with E-state index >= 15 is 0 Å². The number of nitrogens with zero attached hydrogens (tertiary/aromatic N) is 2. The lowest BCUT2D eigenvalue weighted by Crippen LogP contribution is -2.32. The van der Waals surface area contributed by atoms with Gasteiger partial charge in [-0.25, -0.2) is 15.2 Å². The minimum atomic E-state index is -0.433. The lowest BCUT2D eigenvalue weighted by atomic mass is 10.0. The van der Waals surface area contributed by atoms with Crippen LogP contribution in [0.4, 0.5) is 10.2 Å². The second-order valence-corrected chi connectivity index (χ2v) is 6.18. The minimum Gasteiger partial charge on any atom is -0.495 e. The van der Waals surface area contributed by atoms with Crippen molar-refractivity contribution in [3.05, 3.63) is 41.8 Å². The largest absolute Gasteiger partial charge is 0.495 e. The molecule has 0 unspecified atom stereocenters. The summed E-state index contributed by atoms with van der Waals surface area (Å²) >= 11 is 0. The van der Waals surface area contributed by atoms with Gasteiger partial charge >= 0.3 is 0 Å². The molecule has 3 rings (SSSR count). The summed E-state index contributed by atoms with van der Waals surface area (Å²) in [4.78, 5) is 4.42. The Hall–Kier alpha value is -2.87. The van der Waals surface area contributed by atoms with E-state index in [4.69, 9.17) is 16.4 Å². The molecule has 0 bridgehead atoms. The van der Waals surface area contributed by atoms with Crippen LogP contribution < -0.4 is 27.2 Å². The number of nitrogens with one attached hydrogen (secondary N) is 2. The first-order valence-corrected chi connectivity index (χ1v) is 8.52. The maximum absolute atomic E-state index is 14.6. The van der Waals surface area contributed by atoms with Crippen LogP contribution in [0.3, 0.4) is 0 Å². The number of hydrazine groups is 1. The molecule has 1 aromatic carbocycles. The lowest BCUT2D eigenvalue weighted by Gasteiger charge is -2.16. The van der Waals surface area contributed by atoms with Gasteiger partial charge in [-0.2, -0.15) is 5.10 Å². The molecule has 26 heavy (non-hydrogen) atoms. The smallest absolute Gasteiger partial charge is 0.170 e. The minimum absolute atomic E-state index is 0.190. The Morgan fingerprint density at radius 2 is 2.04 bits per heavy atom. The van der Waals surface area contributed by atoms with Crippen LogP contribution in [0, 0.1) is 5.82 Å². The molecule has 0 atom stereocenters. The lowest BCUT2D eigenvalue weighted by molar-refractivity contribution is 0.412. The van der Waals surface area contributed by atoms with Crippen LogP contribution in [0.5, 0.6) is 5.75 Å². The fourth-order valence-electron chi connectivity index (χ4n) is 3.32. The summed E-state index contributed by atoms with van der Waals surface area (Å²) in [6, 6.07) is 6.94. The molecule has 0 spiro atoms. The van der Waals surface area contributed by atoms with Gasteiger partial charge in [-0.15, -0.1) is 0 Å². The van der Waals surface area contributed by atoms with E-state index in [2.05, 4.69) is 20.8 Å². The zero-order valence-electron chi connectivity index (χ0n) is 14.6. The zero-order chi connectivity index (χ0) is 18.5. The molecule has 1 fully saturated rings. The standard InChI is InChI=1S/C18H23FN6O/c1-26-17-13(18(24-20)25-21)7-8-14(19)16(17)11-6-9-15(22-10-11)23-12-4-2-3-5-12/h6-10,12H,2-5,20-21H2,1H3,(H,22,23)(H,24,25). The number of amidine groups is 1. The van der Waals surface area contributed by atoms with Gasteiger partial charge < -0.3 is 21.3 Å². The van der Waals surface area contributed by atoms with Gasteiger partial charge in [-0.3, -0.25) is 0 Å². The average Bonchev–Trinajstić information content (AvgIpc) is 3.17. The van der Waals surface area contributed by atoms with Gasteiger partial charge in [0.2, 0.25) is 0 Å². The van der Waals surface area contributed by atoms with Crippen molar-refractivity contribution in [1.29, 1.82) is 0 Å². The fourth-order valence-corrected chi connectivity index (χ4v) is 3.32.